The Hall–Kier alpha value is -2.77. The van der Waals surface area contributed by atoms with Gasteiger partial charge in [0.2, 0.25) is 0 Å². The number of non-ortho nitro benzene ring substituents is 1. The molecule has 0 unspecified atom stereocenters. The van der Waals surface area contributed by atoms with Crippen molar-refractivity contribution in [2.45, 2.75) is 0 Å². The van der Waals surface area contributed by atoms with Crippen LogP contribution in [0.25, 0.3) is 5.69 Å². The van der Waals surface area contributed by atoms with Crippen LogP contribution in [0.4, 0.5) is 10.1 Å². The number of halogens is 1. The highest BCUT2D eigenvalue weighted by molar-refractivity contribution is 5.91. The number of nitro groups is 1. The normalized spacial score (nSPS) is 10.2. The van der Waals surface area contributed by atoms with Gasteiger partial charge >= 0.3 is 0 Å². The molecule has 0 fully saturated rings. The van der Waals surface area contributed by atoms with Gasteiger partial charge in [0.05, 0.1) is 16.7 Å². The highest BCUT2D eigenvalue weighted by Gasteiger charge is 2.13. The fourth-order valence-corrected chi connectivity index (χ4v) is 1.51. The average molecular weight is 264 g/mol. The molecule has 1 amide bonds. The van der Waals surface area contributed by atoms with Gasteiger partial charge in [-0.25, -0.2) is 9.07 Å². The Morgan fingerprint density at radius 2 is 2.21 bits per heavy atom. The maximum Gasteiger partial charge on any atom is 0.274 e. The fourth-order valence-electron chi connectivity index (χ4n) is 1.51. The van der Waals surface area contributed by atoms with Crippen LogP contribution in [0.5, 0.6) is 0 Å². The molecule has 2 rings (SSSR count). The van der Waals surface area contributed by atoms with Crippen molar-refractivity contribution < 1.29 is 14.1 Å². The molecule has 8 heteroatoms. The first-order valence-electron chi connectivity index (χ1n) is 5.24. The molecule has 0 aliphatic heterocycles. The van der Waals surface area contributed by atoms with Crippen LogP contribution in [0.1, 0.15) is 10.5 Å². The number of hydrogen-bond acceptors (Lipinski definition) is 4. The first-order chi connectivity index (χ1) is 9.01. The van der Waals surface area contributed by atoms with Crippen molar-refractivity contribution in [1.29, 1.82) is 0 Å². The van der Waals surface area contributed by atoms with E-state index in [1.807, 2.05) is 0 Å². The molecule has 1 aromatic heterocycles. The molecule has 0 saturated heterocycles. The van der Waals surface area contributed by atoms with Crippen molar-refractivity contribution in [2.24, 2.45) is 0 Å². The van der Waals surface area contributed by atoms with E-state index in [0.29, 0.717) is 0 Å². The SMILES string of the molecule is CNC(=O)c1ccn(-c2cc(F)cc([N+](=O)[O-])c2)n1. The van der Waals surface area contributed by atoms with Crippen LogP contribution < -0.4 is 5.32 Å². The van der Waals surface area contributed by atoms with Crippen molar-refractivity contribution in [2.75, 3.05) is 7.05 Å². The first-order valence-corrected chi connectivity index (χ1v) is 5.24. The molecule has 1 N–H and O–H groups in total. The average Bonchev–Trinajstić information content (AvgIpc) is 2.86. The molecule has 0 bridgehead atoms. The van der Waals surface area contributed by atoms with Gasteiger partial charge in [0.1, 0.15) is 5.82 Å². The molecular formula is C11H9FN4O3. The first kappa shape index (κ1) is 12.7. The summed E-state index contributed by atoms with van der Waals surface area (Å²) in [6, 6.07) is 4.50. The van der Waals surface area contributed by atoms with Crippen molar-refractivity contribution in [3.63, 3.8) is 0 Å². The van der Waals surface area contributed by atoms with E-state index in [1.165, 1.54) is 30.1 Å². The van der Waals surface area contributed by atoms with Gasteiger partial charge in [-0.2, -0.15) is 5.10 Å². The summed E-state index contributed by atoms with van der Waals surface area (Å²) in [6.07, 6.45) is 1.42. The second-order valence-electron chi connectivity index (χ2n) is 3.65. The lowest BCUT2D eigenvalue weighted by Crippen LogP contribution is -2.18. The number of carbonyl (C=O) groups excluding carboxylic acids is 1. The number of nitrogens with one attached hydrogen (secondary N) is 1. The quantitative estimate of drug-likeness (QED) is 0.667. The van der Waals surface area contributed by atoms with Gasteiger partial charge < -0.3 is 5.32 Å². The number of hydrogen-bond donors (Lipinski definition) is 1. The number of nitro benzene ring substituents is 1. The Morgan fingerprint density at radius 1 is 1.47 bits per heavy atom. The lowest BCUT2D eigenvalue weighted by molar-refractivity contribution is -0.385. The van der Waals surface area contributed by atoms with Gasteiger partial charge in [0.15, 0.2) is 5.69 Å². The Balaban J connectivity index is 2.44. The number of benzene rings is 1. The zero-order valence-electron chi connectivity index (χ0n) is 9.83. The number of aromatic nitrogens is 2. The standard InChI is InChI=1S/C11H9FN4O3/c1-13-11(17)10-2-3-15(14-10)8-4-7(12)5-9(6-8)16(18)19/h2-6H,1H3,(H,13,17). The summed E-state index contributed by atoms with van der Waals surface area (Å²) in [4.78, 5) is 21.3. The summed E-state index contributed by atoms with van der Waals surface area (Å²) >= 11 is 0. The van der Waals surface area contributed by atoms with E-state index >= 15 is 0 Å². The van der Waals surface area contributed by atoms with Crippen LogP contribution in [0.3, 0.4) is 0 Å². The second-order valence-corrected chi connectivity index (χ2v) is 3.65. The summed E-state index contributed by atoms with van der Waals surface area (Å²) in [5.41, 5.74) is -0.0803. The van der Waals surface area contributed by atoms with E-state index in [0.717, 1.165) is 12.1 Å². The Morgan fingerprint density at radius 3 is 2.84 bits per heavy atom. The van der Waals surface area contributed by atoms with E-state index in [9.17, 15) is 19.3 Å². The summed E-state index contributed by atoms with van der Waals surface area (Å²) in [5, 5.41) is 16.9. The monoisotopic (exact) mass is 264 g/mol. The predicted octanol–water partition coefficient (Wildman–Crippen LogP) is 1.28. The van der Waals surface area contributed by atoms with Gasteiger partial charge in [-0.1, -0.05) is 0 Å². The van der Waals surface area contributed by atoms with Gasteiger partial charge in [-0.15, -0.1) is 0 Å². The van der Waals surface area contributed by atoms with Gasteiger partial charge in [0, 0.05) is 25.4 Å². The van der Waals surface area contributed by atoms with Crippen LogP contribution in [0.15, 0.2) is 30.5 Å². The lowest BCUT2D eigenvalue weighted by Gasteiger charge is -2.01. The molecular weight excluding hydrogens is 255 g/mol. The highest BCUT2D eigenvalue weighted by Crippen LogP contribution is 2.19. The van der Waals surface area contributed by atoms with Gasteiger partial charge in [-0.3, -0.25) is 14.9 Å². The highest BCUT2D eigenvalue weighted by atomic mass is 19.1. The lowest BCUT2D eigenvalue weighted by atomic mass is 10.3. The van der Waals surface area contributed by atoms with E-state index < -0.39 is 16.6 Å². The smallest absolute Gasteiger partial charge is 0.274 e. The second kappa shape index (κ2) is 4.84. The largest absolute Gasteiger partial charge is 0.354 e. The van der Waals surface area contributed by atoms with E-state index in [1.54, 1.807) is 0 Å². The number of nitrogens with zero attached hydrogens (tertiary/aromatic N) is 3. The van der Waals surface area contributed by atoms with Crippen molar-refractivity contribution in [3.8, 4) is 5.69 Å². The zero-order valence-corrected chi connectivity index (χ0v) is 9.83. The molecule has 1 heterocycles. The van der Waals surface area contributed by atoms with Gasteiger partial charge in [0.25, 0.3) is 11.6 Å². The fraction of sp³-hybridized carbons (Fsp3) is 0.0909. The van der Waals surface area contributed by atoms with Crippen LogP contribution in [-0.2, 0) is 0 Å². The Bertz CT molecular complexity index is 653. The van der Waals surface area contributed by atoms with E-state index in [-0.39, 0.29) is 17.1 Å². The minimum absolute atomic E-state index is 0.134. The Labute approximate surface area is 106 Å². The predicted molar refractivity (Wildman–Crippen MR) is 63.6 cm³/mol. The molecule has 0 aliphatic rings. The summed E-state index contributed by atoms with van der Waals surface area (Å²) < 4.78 is 14.5. The third kappa shape index (κ3) is 2.57. The maximum absolute atomic E-state index is 13.3. The van der Waals surface area contributed by atoms with E-state index in [4.69, 9.17) is 0 Å². The number of amides is 1. The maximum atomic E-state index is 13.3. The summed E-state index contributed by atoms with van der Waals surface area (Å²) in [5.74, 6) is -1.15. The molecule has 0 radical (unpaired) electrons. The zero-order chi connectivity index (χ0) is 14.0. The van der Waals surface area contributed by atoms with Crippen LogP contribution in [0.2, 0.25) is 0 Å². The topological polar surface area (TPSA) is 90.1 Å². The minimum atomic E-state index is -0.749. The Kier molecular flexibility index (Phi) is 3.23. The van der Waals surface area contributed by atoms with E-state index in [2.05, 4.69) is 10.4 Å². The molecule has 7 nitrogen and oxygen atoms in total. The third-order valence-electron chi connectivity index (χ3n) is 2.39. The summed E-state index contributed by atoms with van der Waals surface area (Å²) in [7, 11) is 1.45. The van der Waals surface area contributed by atoms with Crippen molar-refractivity contribution >= 4 is 11.6 Å². The van der Waals surface area contributed by atoms with Crippen LogP contribution >= 0.6 is 0 Å². The third-order valence-corrected chi connectivity index (χ3v) is 2.39. The minimum Gasteiger partial charge on any atom is -0.354 e. The molecule has 0 aliphatic carbocycles. The van der Waals surface area contributed by atoms with Gasteiger partial charge in [-0.05, 0) is 6.07 Å². The molecule has 1 aromatic carbocycles. The molecule has 0 spiro atoms. The molecule has 98 valence electrons. The molecule has 19 heavy (non-hydrogen) atoms. The molecule has 0 saturated carbocycles. The van der Waals surface area contributed by atoms with Crippen molar-refractivity contribution in [3.05, 3.63) is 52.1 Å². The molecule has 2 aromatic rings. The van der Waals surface area contributed by atoms with Crippen LogP contribution in [-0.4, -0.2) is 27.7 Å². The summed E-state index contributed by atoms with van der Waals surface area (Å²) in [6.45, 7) is 0. The van der Waals surface area contributed by atoms with Crippen molar-refractivity contribution in [1.82, 2.24) is 15.1 Å². The van der Waals surface area contributed by atoms with Crippen LogP contribution in [0, 0.1) is 15.9 Å². The number of rotatable bonds is 3. The molecule has 0 atom stereocenters. The number of carbonyl (C=O) groups is 1.